The Morgan fingerprint density at radius 2 is 1.59 bits per heavy atom. The molecule has 0 saturated heterocycles. The highest BCUT2D eigenvalue weighted by Crippen LogP contribution is 2.27. The van der Waals surface area contributed by atoms with Crippen LogP contribution in [0.4, 0.5) is 5.69 Å². The molecular formula is C24H24N2O4S2. The van der Waals surface area contributed by atoms with E-state index in [-0.39, 0.29) is 11.4 Å². The van der Waals surface area contributed by atoms with Gasteiger partial charge in [-0.1, -0.05) is 54.1 Å². The molecular weight excluding hydrogens is 444 g/mol. The van der Waals surface area contributed by atoms with E-state index in [4.69, 9.17) is 0 Å². The van der Waals surface area contributed by atoms with Crippen LogP contribution in [0.1, 0.15) is 22.3 Å². The third-order valence-electron chi connectivity index (χ3n) is 5.34. The molecule has 0 saturated carbocycles. The Labute approximate surface area is 189 Å². The maximum atomic E-state index is 13.0. The van der Waals surface area contributed by atoms with Gasteiger partial charge in [0.2, 0.25) is 10.0 Å². The molecule has 1 heterocycles. The van der Waals surface area contributed by atoms with Crippen LogP contribution in [0.2, 0.25) is 0 Å². The molecule has 0 fully saturated rings. The SMILES string of the molecule is Cc1ccc(C=CS(=O)(=O)Nc2ccc3c(c2)CN(S(=O)(=O)c2ccccc2)CC3)cc1. The summed E-state index contributed by atoms with van der Waals surface area (Å²) in [6, 6.07) is 21.1. The summed E-state index contributed by atoms with van der Waals surface area (Å²) in [6.07, 6.45) is 2.11. The third kappa shape index (κ3) is 5.09. The molecule has 0 spiro atoms. The van der Waals surface area contributed by atoms with E-state index in [0.29, 0.717) is 18.7 Å². The summed E-state index contributed by atoms with van der Waals surface area (Å²) in [4.78, 5) is 0.251. The van der Waals surface area contributed by atoms with Gasteiger partial charge in [-0.25, -0.2) is 16.8 Å². The standard InChI is InChI=1S/C24H24N2O4S2/c1-19-7-9-20(10-8-19)14-16-31(27,28)25-23-12-11-21-13-15-26(18-22(21)17-23)32(29,30)24-5-3-2-4-6-24/h2-12,14,16-17,25H,13,15,18H2,1H3. The molecule has 1 aliphatic rings. The van der Waals surface area contributed by atoms with Crippen molar-refractivity contribution in [2.24, 2.45) is 0 Å². The normalized spacial score (nSPS) is 14.9. The zero-order valence-electron chi connectivity index (χ0n) is 17.6. The van der Waals surface area contributed by atoms with Crippen LogP contribution in [-0.2, 0) is 33.0 Å². The Kier molecular flexibility index (Phi) is 6.19. The van der Waals surface area contributed by atoms with Crippen LogP contribution in [-0.4, -0.2) is 27.7 Å². The van der Waals surface area contributed by atoms with Crippen molar-refractivity contribution in [2.45, 2.75) is 24.8 Å². The summed E-state index contributed by atoms with van der Waals surface area (Å²) in [5.41, 5.74) is 4.09. The highest BCUT2D eigenvalue weighted by atomic mass is 32.2. The Morgan fingerprint density at radius 3 is 2.31 bits per heavy atom. The second-order valence-electron chi connectivity index (χ2n) is 7.75. The molecule has 0 amide bonds. The van der Waals surface area contributed by atoms with E-state index in [1.54, 1.807) is 42.5 Å². The fraction of sp³-hybridized carbons (Fsp3) is 0.167. The number of hydrogen-bond donors (Lipinski definition) is 1. The van der Waals surface area contributed by atoms with Gasteiger partial charge in [0.25, 0.3) is 10.0 Å². The number of rotatable bonds is 6. The van der Waals surface area contributed by atoms with Crippen molar-refractivity contribution < 1.29 is 16.8 Å². The van der Waals surface area contributed by atoms with Crippen molar-refractivity contribution in [3.63, 3.8) is 0 Å². The van der Waals surface area contributed by atoms with Crippen LogP contribution in [0.3, 0.4) is 0 Å². The smallest absolute Gasteiger partial charge is 0.255 e. The average Bonchev–Trinajstić information content (AvgIpc) is 2.78. The van der Waals surface area contributed by atoms with Crippen molar-refractivity contribution in [3.8, 4) is 0 Å². The van der Waals surface area contributed by atoms with Gasteiger partial charge in [0, 0.05) is 18.8 Å². The molecule has 0 radical (unpaired) electrons. The Hall–Kier alpha value is -2.94. The maximum Gasteiger partial charge on any atom is 0.255 e. The third-order valence-corrected chi connectivity index (χ3v) is 8.22. The largest absolute Gasteiger partial charge is 0.280 e. The quantitative estimate of drug-likeness (QED) is 0.589. The van der Waals surface area contributed by atoms with E-state index in [1.165, 1.54) is 10.4 Å². The van der Waals surface area contributed by atoms with Crippen molar-refractivity contribution in [1.29, 1.82) is 0 Å². The predicted molar refractivity (Wildman–Crippen MR) is 127 cm³/mol. The number of fused-ring (bicyclic) bond motifs is 1. The average molecular weight is 469 g/mol. The molecule has 0 aromatic heterocycles. The number of anilines is 1. The van der Waals surface area contributed by atoms with Gasteiger partial charge < -0.3 is 0 Å². The first-order valence-corrected chi connectivity index (χ1v) is 13.2. The number of sulfonamides is 2. The van der Waals surface area contributed by atoms with Crippen molar-refractivity contribution in [1.82, 2.24) is 4.31 Å². The fourth-order valence-corrected chi connectivity index (χ4v) is 5.89. The molecule has 0 aliphatic carbocycles. The van der Waals surface area contributed by atoms with Crippen LogP contribution >= 0.6 is 0 Å². The molecule has 4 rings (SSSR count). The zero-order chi connectivity index (χ0) is 22.8. The van der Waals surface area contributed by atoms with E-state index < -0.39 is 20.0 Å². The summed E-state index contributed by atoms with van der Waals surface area (Å²) >= 11 is 0. The summed E-state index contributed by atoms with van der Waals surface area (Å²) in [5.74, 6) is 0. The van der Waals surface area contributed by atoms with E-state index in [0.717, 1.165) is 27.7 Å². The van der Waals surface area contributed by atoms with Gasteiger partial charge in [0.15, 0.2) is 0 Å². The molecule has 166 valence electrons. The number of aryl methyl sites for hydroxylation is 1. The Balaban J connectivity index is 1.51. The zero-order valence-corrected chi connectivity index (χ0v) is 19.2. The van der Waals surface area contributed by atoms with Crippen LogP contribution in [0, 0.1) is 6.92 Å². The second kappa shape index (κ2) is 8.90. The molecule has 6 nitrogen and oxygen atoms in total. The molecule has 32 heavy (non-hydrogen) atoms. The summed E-state index contributed by atoms with van der Waals surface area (Å²) in [6.45, 7) is 2.55. The van der Waals surface area contributed by atoms with Gasteiger partial charge in [-0.2, -0.15) is 4.31 Å². The lowest BCUT2D eigenvalue weighted by Gasteiger charge is -2.28. The lowest BCUT2D eigenvalue weighted by Crippen LogP contribution is -2.36. The van der Waals surface area contributed by atoms with Gasteiger partial charge in [-0.3, -0.25) is 4.72 Å². The van der Waals surface area contributed by atoms with E-state index in [2.05, 4.69) is 4.72 Å². The minimum atomic E-state index is -3.72. The van der Waals surface area contributed by atoms with Gasteiger partial charge >= 0.3 is 0 Å². The van der Waals surface area contributed by atoms with Crippen molar-refractivity contribution >= 4 is 31.8 Å². The summed E-state index contributed by atoms with van der Waals surface area (Å²) in [7, 11) is -7.33. The number of nitrogens with zero attached hydrogens (tertiary/aromatic N) is 1. The number of benzene rings is 3. The van der Waals surface area contributed by atoms with E-state index >= 15 is 0 Å². The fourth-order valence-electron chi connectivity index (χ4n) is 3.59. The van der Waals surface area contributed by atoms with Gasteiger partial charge in [-0.05, 0) is 60.4 Å². The maximum absolute atomic E-state index is 13.0. The Morgan fingerprint density at radius 1 is 0.875 bits per heavy atom. The summed E-state index contributed by atoms with van der Waals surface area (Å²) < 4.78 is 54.9. The highest BCUT2D eigenvalue weighted by molar-refractivity contribution is 7.95. The minimum Gasteiger partial charge on any atom is -0.280 e. The highest BCUT2D eigenvalue weighted by Gasteiger charge is 2.28. The van der Waals surface area contributed by atoms with Gasteiger partial charge in [0.05, 0.1) is 10.3 Å². The molecule has 0 unspecified atom stereocenters. The first-order valence-electron chi connectivity index (χ1n) is 10.2. The molecule has 1 aliphatic heterocycles. The van der Waals surface area contributed by atoms with Crippen LogP contribution in [0.15, 0.2) is 83.1 Å². The molecule has 3 aromatic carbocycles. The lowest BCUT2D eigenvalue weighted by molar-refractivity contribution is 0.391. The molecule has 0 atom stereocenters. The van der Waals surface area contributed by atoms with Crippen molar-refractivity contribution in [2.75, 3.05) is 11.3 Å². The predicted octanol–water partition coefficient (Wildman–Crippen LogP) is 4.15. The van der Waals surface area contributed by atoms with E-state index in [1.807, 2.05) is 37.3 Å². The second-order valence-corrected chi connectivity index (χ2v) is 11.2. The number of nitrogens with one attached hydrogen (secondary N) is 1. The number of hydrogen-bond acceptors (Lipinski definition) is 4. The lowest BCUT2D eigenvalue weighted by atomic mass is 10.0. The first-order chi connectivity index (χ1) is 15.2. The van der Waals surface area contributed by atoms with Crippen molar-refractivity contribution in [3.05, 3.63) is 100 Å². The molecule has 1 N–H and O–H groups in total. The van der Waals surface area contributed by atoms with E-state index in [9.17, 15) is 16.8 Å². The van der Waals surface area contributed by atoms with Gasteiger partial charge in [0.1, 0.15) is 0 Å². The first kappa shape index (κ1) is 22.3. The van der Waals surface area contributed by atoms with Crippen LogP contribution in [0.25, 0.3) is 6.08 Å². The van der Waals surface area contributed by atoms with Gasteiger partial charge in [-0.15, -0.1) is 0 Å². The monoisotopic (exact) mass is 468 g/mol. The topological polar surface area (TPSA) is 83.6 Å². The Bertz CT molecular complexity index is 1350. The summed E-state index contributed by atoms with van der Waals surface area (Å²) in [5, 5.41) is 1.13. The van der Waals surface area contributed by atoms with Crippen LogP contribution < -0.4 is 4.72 Å². The minimum absolute atomic E-state index is 0.196. The molecule has 3 aromatic rings. The molecule has 0 bridgehead atoms. The van der Waals surface area contributed by atoms with Crippen LogP contribution in [0.5, 0.6) is 0 Å². The molecule has 8 heteroatoms.